The van der Waals surface area contributed by atoms with Gasteiger partial charge in [-0.1, -0.05) is 6.92 Å². The van der Waals surface area contributed by atoms with Crippen LogP contribution in [0.25, 0.3) is 0 Å². The molecule has 3 rings (SSSR count). The number of ether oxygens (including phenoxy) is 2. The van der Waals surface area contributed by atoms with Gasteiger partial charge in [0.1, 0.15) is 11.5 Å². The molecule has 0 aromatic heterocycles. The summed E-state index contributed by atoms with van der Waals surface area (Å²) in [6, 6.07) is 11.0. The van der Waals surface area contributed by atoms with Gasteiger partial charge in [-0.15, -0.1) is 0 Å². The molecule has 10 heteroatoms. The maximum atomic E-state index is 12.7. The van der Waals surface area contributed by atoms with Gasteiger partial charge in [0, 0.05) is 31.3 Å². The smallest absolute Gasteiger partial charge is 0.240 e. The molecule has 2 aromatic carbocycles. The molecule has 0 aliphatic carbocycles. The molecule has 2 N–H and O–H groups in total. The van der Waals surface area contributed by atoms with E-state index in [9.17, 15) is 18.0 Å². The van der Waals surface area contributed by atoms with Gasteiger partial charge in [-0.05, 0) is 36.4 Å². The molecule has 0 saturated carbocycles. The molecule has 0 bridgehead atoms. The second kappa shape index (κ2) is 9.36. The van der Waals surface area contributed by atoms with E-state index in [0.717, 1.165) is 0 Å². The quantitative estimate of drug-likeness (QED) is 0.640. The van der Waals surface area contributed by atoms with E-state index in [1.54, 1.807) is 25.1 Å². The summed E-state index contributed by atoms with van der Waals surface area (Å²) in [5, 5.41) is 2.75. The fourth-order valence-electron chi connectivity index (χ4n) is 3.36. The van der Waals surface area contributed by atoms with Gasteiger partial charge in [0.25, 0.3) is 0 Å². The number of nitrogens with one attached hydrogen (secondary N) is 2. The Kier molecular flexibility index (Phi) is 6.81. The summed E-state index contributed by atoms with van der Waals surface area (Å²) in [4.78, 5) is 26.9. The lowest BCUT2D eigenvalue weighted by molar-refractivity contribution is -0.122. The summed E-state index contributed by atoms with van der Waals surface area (Å²) in [7, 11) is -0.520. The van der Waals surface area contributed by atoms with Crippen molar-refractivity contribution >= 4 is 33.2 Å². The van der Waals surface area contributed by atoms with Gasteiger partial charge in [0.2, 0.25) is 21.8 Å². The number of carbonyl (C=O) groups excluding carboxylic acids is 2. The Morgan fingerprint density at radius 1 is 1.13 bits per heavy atom. The van der Waals surface area contributed by atoms with Crippen LogP contribution in [0, 0.1) is 5.92 Å². The number of methoxy groups -OCH3 is 2. The summed E-state index contributed by atoms with van der Waals surface area (Å²) in [6.45, 7) is 2.19. The van der Waals surface area contributed by atoms with Crippen molar-refractivity contribution in [2.24, 2.45) is 5.92 Å². The zero-order chi connectivity index (χ0) is 22.6. The van der Waals surface area contributed by atoms with Crippen LogP contribution in [0.5, 0.6) is 11.5 Å². The first-order chi connectivity index (χ1) is 14.8. The van der Waals surface area contributed by atoms with E-state index in [1.807, 2.05) is 0 Å². The van der Waals surface area contributed by atoms with E-state index in [0.29, 0.717) is 22.9 Å². The summed E-state index contributed by atoms with van der Waals surface area (Å²) in [6.07, 6.45) is 0.0634. The molecule has 9 nitrogen and oxygen atoms in total. The molecule has 166 valence electrons. The monoisotopic (exact) mass is 447 g/mol. The van der Waals surface area contributed by atoms with Crippen LogP contribution in [0.4, 0.5) is 11.4 Å². The lowest BCUT2D eigenvalue weighted by atomic mass is 10.1. The second-order valence-electron chi connectivity index (χ2n) is 6.96. The highest BCUT2D eigenvalue weighted by molar-refractivity contribution is 7.89. The Bertz CT molecular complexity index is 1070. The maximum absolute atomic E-state index is 12.7. The highest BCUT2D eigenvalue weighted by atomic mass is 32.2. The number of amides is 2. The molecule has 2 aromatic rings. The zero-order valence-corrected chi connectivity index (χ0v) is 18.4. The molecule has 1 aliphatic heterocycles. The van der Waals surface area contributed by atoms with Gasteiger partial charge in [0.05, 0.1) is 30.7 Å². The lowest BCUT2D eigenvalue weighted by Crippen LogP contribution is -2.28. The van der Waals surface area contributed by atoms with Crippen molar-refractivity contribution in [1.29, 1.82) is 0 Å². The van der Waals surface area contributed by atoms with Crippen LogP contribution < -0.4 is 24.4 Å². The Balaban J connectivity index is 1.70. The first-order valence-electron chi connectivity index (χ1n) is 9.72. The van der Waals surface area contributed by atoms with Gasteiger partial charge in [-0.3, -0.25) is 9.59 Å². The van der Waals surface area contributed by atoms with Crippen LogP contribution in [0.1, 0.15) is 13.3 Å². The first kappa shape index (κ1) is 22.6. The van der Waals surface area contributed by atoms with Crippen molar-refractivity contribution < 1.29 is 27.5 Å². The minimum absolute atomic E-state index is 0.0634. The molecule has 1 fully saturated rings. The summed E-state index contributed by atoms with van der Waals surface area (Å²) < 4.78 is 37.0. The molecule has 31 heavy (non-hydrogen) atoms. The minimum atomic E-state index is -3.56. The molecule has 0 radical (unpaired) electrons. The van der Waals surface area contributed by atoms with E-state index >= 15 is 0 Å². The van der Waals surface area contributed by atoms with Gasteiger partial charge < -0.3 is 19.7 Å². The number of hydrogen-bond acceptors (Lipinski definition) is 6. The first-order valence-corrected chi connectivity index (χ1v) is 11.2. The van der Waals surface area contributed by atoms with E-state index in [-0.39, 0.29) is 36.2 Å². The molecular formula is C21H25N3O6S. The van der Waals surface area contributed by atoms with Crippen molar-refractivity contribution in [2.45, 2.75) is 18.2 Å². The van der Waals surface area contributed by atoms with E-state index in [1.165, 1.54) is 43.4 Å². The lowest BCUT2D eigenvalue weighted by Gasteiger charge is -2.20. The highest BCUT2D eigenvalue weighted by Crippen LogP contribution is 2.36. The fourth-order valence-corrected chi connectivity index (χ4v) is 4.40. The van der Waals surface area contributed by atoms with Gasteiger partial charge in [0.15, 0.2) is 0 Å². The predicted octanol–water partition coefficient (Wildman–Crippen LogP) is 1.99. The largest absolute Gasteiger partial charge is 0.497 e. The van der Waals surface area contributed by atoms with E-state index in [2.05, 4.69) is 10.0 Å². The van der Waals surface area contributed by atoms with Crippen LogP contribution in [0.2, 0.25) is 0 Å². The van der Waals surface area contributed by atoms with Crippen LogP contribution in [0.3, 0.4) is 0 Å². The summed E-state index contributed by atoms with van der Waals surface area (Å²) in [5.74, 6) is 0.0261. The number of benzene rings is 2. The van der Waals surface area contributed by atoms with Crippen molar-refractivity contribution in [3.05, 3.63) is 42.5 Å². The van der Waals surface area contributed by atoms with E-state index in [4.69, 9.17) is 9.47 Å². The SMILES string of the molecule is CCNS(=O)(=O)c1ccc(NC(=O)C2CC(=O)N(c3ccc(OC)cc3OC)C2)cc1. The van der Waals surface area contributed by atoms with Crippen molar-refractivity contribution in [1.82, 2.24) is 4.72 Å². The van der Waals surface area contributed by atoms with Crippen LogP contribution >= 0.6 is 0 Å². The molecule has 1 saturated heterocycles. The van der Waals surface area contributed by atoms with Crippen LogP contribution in [0.15, 0.2) is 47.4 Å². The molecule has 1 aliphatic rings. The van der Waals surface area contributed by atoms with Crippen LogP contribution in [-0.4, -0.2) is 47.5 Å². The number of hydrogen-bond donors (Lipinski definition) is 2. The average Bonchev–Trinajstić information content (AvgIpc) is 3.15. The van der Waals surface area contributed by atoms with Crippen LogP contribution in [-0.2, 0) is 19.6 Å². The van der Waals surface area contributed by atoms with Gasteiger partial charge in [-0.25, -0.2) is 13.1 Å². The van der Waals surface area contributed by atoms with Crippen molar-refractivity contribution in [3.8, 4) is 11.5 Å². The third kappa shape index (κ3) is 4.97. The number of sulfonamides is 1. The molecule has 2 amide bonds. The molecule has 1 unspecified atom stereocenters. The Labute approximate surface area is 181 Å². The van der Waals surface area contributed by atoms with Crippen molar-refractivity contribution in [3.63, 3.8) is 0 Å². The Morgan fingerprint density at radius 2 is 1.84 bits per heavy atom. The standard InChI is InChI=1S/C21H25N3O6S/c1-4-22-31(27,28)17-8-5-15(6-9-17)23-21(26)14-11-20(25)24(13-14)18-10-7-16(29-2)12-19(18)30-3/h5-10,12,14,22H,4,11,13H2,1-3H3,(H,23,26). The third-order valence-electron chi connectivity index (χ3n) is 4.94. The number of nitrogens with zero attached hydrogens (tertiary/aromatic N) is 1. The molecule has 1 atom stereocenters. The number of anilines is 2. The normalized spacial score (nSPS) is 16.3. The number of carbonyl (C=O) groups is 2. The summed E-state index contributed by atoms with van der Waals surface area (Å²) >= 11 is 0. The second-order valence-corrected chi connectivity index (χ2v) is 8.73. The average molecular weight is 448 g/mol. The highest BCUT2D eigenvalue weighted by Gasteiger charge is 2.36. The minimum Gasteiger partial charge on any atom is -0.497 e. The molecule has 0 spiro atoms. The third-order valence-corrected chi connectivity index (χ3v) is 6.50. The summed E-state index contributed by atoms with van der Waals surface area (Å²) in [5.41, 5.74) is 1.02. The fraction of sp³-hybridized carbons (Fsp3) is 0.333. The predicted molar refractivity (Wildman–Crippen MR) is 116 cm³/mol. The van der Waals surface area contributed by atoms with E-state index < -0.39 is 15.9 Å². The Morgan fingerprint density at radius 3 is 2.45 bits per heavy atom. The van der Waals surface area contributed by atoms with Gasteiger partial charge in [-0.2, -0.15) is 0 Å². The topological polar surface area (TPSA) is 114 Å². The molecular weight excluding hydrogens is 422 g/mol. The van der Waals surface area contributed by atoms with Gasteiger partial charge >= 0.3 is 0 Å². The molecule has 1 heterocycles. The Hall–Kier alpha value is -3.11. The maximum Gasteiger partial charge on any atom is 0.240 e. The van der Waals surface area contributed by atoms with Crippen molar-refractivity contribution in [2.75, 3.05) is 37.5 Å². The zero-order valence-electron chi connectivity index (χ0n) is 17.5. The number of rotatable bonds is 8.